The zero-order valence-electron chi connectivity index (χ0n) is 8.91. The molecule has 17 heavy (non-hydrogen) atoms. The molecular weight excluding hydrogens is 303 g/mol. The highest BCUT2D eigenvalue weighted by Crippen LogP contribution is 2.45. The van der Waals surface area contributed by atoms with Crippen molar-refractivity contribution in [3.63, 3.8) is 0 Å². The Morgan fingerprint density at radius 1 is 1.41 bits per heavy atom. The number of nitrogens with two attached hydrogens (primary N) is 1. The number of anilines is 1. The summed E-state index contributed by atoms with van der Waals surface area (Å²) < 4.78 is 14.6. The summed E-state index contributed by atoms with van der Waals surface area (Å²) in [5, 5.41) is 1.64. The molecule has 0 unspecified atom stereocenters. The van der Waals surface area contributed by atoms with E-state index in [0.717, 1.165) is 9.48 Å². The van der Waals surface area contributed by atoms with Crippen LogP contribution >= 0.6 is 27.3 Å². The molecule has 0 spiro atoms. The van der Waals surface area contributed by atoms with Gasteiger partial charge in [0.2, 0.25) is 0 Å². The molecule has 0 aliphatic heterocycles. The van der Waals surface area contributed by atoms with Crippen molar-refractivity contribution in [3.05, 3.63) is 33.5 Å². The molecule has 1 aromatic carbocycles. The van der Waals surface area contributed by atoms with Gasteiger partial charge in [0.05, 0.1) is 5.01 Å². The number of aromatic nitrogens is 1. The third-order valence-corrected chi connectivity index (χ3v) is 4.32. The maximum atomic E-state index is 13.7. The topological polar surface area (TPSA) is 38.9 Å². The van der Waals surface area contributed by atoms with Crippen molar-refractivity contribution in [2.24, 2.45) is 0 Å². The van der Waals surface area contributed by atoms with Gasteiger partial charge in [-0.15, -0.1) is 11.3 Å². The largest absolute Gasteiger partial charge is 0.389 e. The van der Waals surface area contributed by atoms with Gasteiger partial charge in [-0.05, 0) is 31.0 Å². The summed E-state index contributed by atoms with van der Waals surface area (Å²) in [4.78, 5) is 4.48. The second-order valence-corrected chi connectivity index (χ2v) is 6.14. The highest BCUT2D eigenvalue weighted by Gasteiger charge is 2.28. The predicted octanol–water partition coefficient (Wildman–Crippen LogP) is 4.17. The van der Waals surface area contributed by atoms with Crippen LogP contribution < -0.4 is 5.73 Å². The quantitative estimate of drug-likeness (QED) is 0.903. The molecule has 1 aliphatic carbocycles. The normalized spacial score (nSPS) is 15.2. The van der Waals surface area contributed by atoms with Crippen LogP contribution in [-0.4, -0.2) is 4.98 Å². The van der Waals surface area contributed by atoms with Gasteiger partial charge in [0, 0.05) is 16.0 Å². The summed E-state index contributed by atoms with van der Waals surface area (Å²) >= 11 is 4.81. The second kappa shape index (κ2) is 4.07. The van der Waals surface area contributed by atoms with Crippen molar-refractivity contribution in [2.45, 2.75) is 18.8 Å². The van der Waals surface area contributed by atoms with Crippen molar-refractivity contribution in [3.8, 4) is 11.3 Å². The van der Waals surface area contributed by atoms with Crippen LogP contribution in [0.3, 0.4) is 0 Å². The van der Waals surface area contributed by atoms with Gasteiger partial charge < -0.3 is 5.73 Å². The fourth-order valence-corrected chi connectivity index (χ4v) is 3.10. The molecule has 5 heteroatoms. The molecule has 1 aliphatic rings. The monoisotopic (exact) mass is 312 g/mol. The molecule has 88 valence electrons. The standard InChI is InChI=1S/C12H10BrFN2S/c13-7-3-4-9(14)8(5-7)10-11(15)17-12(16-10)6-1-2-6/h3-6H,1-2,15H2. The number of nitrogens with zero attached hydrogens (tertiary/aromatic N) is 1. The summed E-state index contributed by atoms with van der Waals surface area (Å²) in [5.74, 6) is 0.263. The Morgan fingerprint density at radius 3 is 2.88 bits per heavy atom. The molecule has 1 heterocycles. The molecule has 3 rings (SSSR count). The van der Waals surface area contributed by atoms with Crippen molar-refractivity contribution >= 4 is 32.3 Å². The number of rotatable bonds is 2. The minimum atomic E-state index is -0.285. The van der Waals surface area contributed by atoms with E-state index in [9.17, 15) is 4.39 Å². The first kappa shape index (κ1) is 11.2. The lowest BCUT2D eigenvalue weighted by molar-refractivity contribution is 0.630. The van der Waals surface area contributed by atoms with E-state index in [-0.39, 0.29) is 5.82 Å². The van der Waals surface area contributed by atoms with Crippen molar-refractivity contribution in [1.82, 2.24) is 4.98 Å². The van der Waals surface area contributed by atoms with Crippen LogP contribution in [0, 0.1) is 5.82 Å². The van der Waals surface area contributed by atoms with E-state index >= 15 is 0 Å². The minimum Gasteiger partial charge on any atom is -0.389 e. The van der Waals surface area contributed by atoms with E-state index in [4.69, 9.17) is 5.73 Å². The maximum Gasteiger partial charge on any atom is 0.132 e. The lowest BCUT2D eigenvalue weighted by Crippen LogP contribution is -1.90. The molecule has 0 saturated heterocycles. The summed E-state index contributed by atoms with van der Waals surface area (Å²) in [6.45, 7) is 0. The first-order chi connectivity index (χ1) is 8.15. The summed E-state index contributed by atoms with van der Waals surface area (Å²) in [6.07, 6.45) is 2.35. The van der Waals surface area contributed by atoms with Crippen molar-refractivity contribution in [2.75, 3.05) is 5.73 Å². The van der Waals surface area contributed by atoms with Gasteiger partial charge in [0.25, 0.3) is 0 Å². The number of hydrogen-bond donors (Lipinski definition) is 1. The van der Waals surface area contributed by atoms with Gasteiger partial charge in [0.1, 0.15) is 16.5 Å². The number of nitrogen functional groups attached to an aromatic ring is 1. The third-order valence-electron chi connectivity index (χ3n) is 2.78. The van der Waals surface area contributed by atoms with Crippen molar-refractivity contribution < 1.29 is 4.39 Å². The van der Waals surface area contributed by atoms with Gasteiger partial charge in [-0.1, -0.05) is 15.9 Å². The molecule has 0 radical (unpaired) electrons. The molecule has 1 fully saturated rings. The van der Waals surface area contributed by atoms with Gasteiger partial charge in [-0.25, -0.2) is 9.37 Å². The first-order valence-corrected chi connectivity index (χ1v) is 6.97. The minimum absolute atomic E-state index is 0.285. The molecule has 1 aromatic heterocycles. The lowest BCUT2D eigenvalue weighted by atomic mass is 10.1. The summed E-state index contributed by atoms with van der Waals surface area (Å²) in [6, 6.07) is 4.82. The average molecular weight is 313 g/mol. The van der Waals surface area contributed by atoms with Crippen molar-refractivity contribution in [1.29, 1.82) is 0 Å². The molecule has 0 atom stereocenters. The molecule has 0 amide bonds. The van der Waals surface area contributed by atoms with Crippen LogP contribution in [-0.2, 0) is 0 Å². The van der Waals surface area contributed by atoms with Gasteiger partial charge >= 0.3 is 0 Å². The van der Waals surface area contributed by atoms with E-state index in [1.165, 1.54) is 30.2 Å². The van der Waals surface area contributed by atoms with Crippen LogP contribution in [0.15, 0.2) is 22.7 Å². The molecule has 1 saturated carbocycles. The highest BCUT2D eigenvalue weighted by molar-refractivity contribution is 9.10. The summed E-state index contributed by atoms with van der Waals surface area (Å²) in [5.41, 5.74) is 6.98. The maximum absolute atomic E-state index is 13.7. The Bertz CT molecular complexity index is 578. The third kappa shape index (κ3) is 2.09. The zero-order valence-corrected chi connectivity index (χ0v) is 11.3. The van der Waals surface area contributed by atoms with Gasteiger partial charge in [-0.2, -0.15) is 0 Å². The van der Waals surface area contributed by atoms with Gasteiger partial charge in [0.15, 0.2) is 0 Å². The fraction of sp³-hybridized carbons (Fsp3) is 0.250. The highest BCUT2D eigenvalue weighted by atomic mass is 79.9. The number of thiazole rings is 1. The van der Waals surface area contributed by atoms with Crippen LogP contribution in [0.5, 0.6) is 0 Å². The van der Waals surface area contributed by atoms with Crippen LogP contribution in [0.2, 0.25) is 0 Å². The van der Waals surface area contributed by atoms with Crippen LogP contribution in [0.1, 0.15) is 23.8 Å². The molecular formula is C12H10BrFN2S. The lowest BCUT2D eigenvalue weighted by Gasteiger charge is -2.01. The first-order valence-electron chi connectivity index (χ1n) is 5.37. The Hall–Kier alpha value is -0.940. The Morgan fingerprint density at radius 2 is 2.18 bits per heavy atom. The predicted molar refractivity (Wildman–Crippen MR) is 71.6 cm³/mol. The van der Waals surface area contributed by atoms with E-state index in [0.29, 0.717) is 22.2 Å². The van der Waals surface area contributed by atoms with E-state index < -0.39 is 0 Å². The van der Waals surface area contributed by atoms with Crippen LogP contribution in [0.4, 0.5) is 9.39 Å². The van der Waals surface area contributed by atoms with E-state index in [1.54, 1.807) is 12.1 Å². The summed E-state index contributed by atoms with van der Waals surface area (Å²) in [7, 11) is 0. The van der Waals surface area contributed by atoms with Gasteiger partial charge in [-0.3, -0.25) is 0 Å². The smallest absolute Gasteiger partial charge is 0.132 e. The SMILES string of the molecule is Nc1sc(C2CC2)nc1-c1cc(Br)ccc1F. The Balaban J connectivity index is 2.10. The molecule has 2 aromatic rings. The van der Waals surface area contributed by atoms with E-state index in [2.05, 4.69) is 20.9 Å². The zero-order chi connectivity index (χ0) is 12.0. The average Bonchev–Trinajstić information content (AvgIpc) is 3.07. The number of halogens is 2. The Kier molecular flexibility index (Phi) is 2.67. The molecule has 2 nitrogen and oxygen atoms in total. The van der Waals surface area contributed by atoms with Crippen LogP contribution in [0.25, 0.3) is 11.3 Å². The number of hydrogen-bond acceptors (Lipinski definition) is 3. The van der Waals surface area contributed by atoms with E-state index in [1.807, 2.05) is 0 Å². The fourth-order valence-electron chi connectivity index (χ4n) is 1.73. The Labute approximate surface area is 111 Å². The molecule has 2 N–H and O–H groups in total. The number of benzene rings is 1. The second-order valence-electron chi connectivity index (χ2n) is 4.16. The molecule has 0 bridgehead atoms.